The maximum absolute atomic E-state index is 5.40. The summed E-state index contributed by atoms with van der Waals surface area (Å²) in [6.07, 6.45) is 0. The summed E-state index contributed by atoms with van der Waals surface area (Å²) in [5.74, 6) is 2.25. The molecule has 0 amide bonds. The highest BCUT2D eigenvalue weighted by atomic mass is 16.5. The van der Waals surface area contributed by atoms with E-state index in [-0.39, 0.29) is 5.92 Å². The summed E-state index contributed by atoms with van der Waals surface area (Å²) in [5, 5.41) is 0. The van der Waals surface area contributed by atoms with Crippen molar-refractivity contribution in [2.75, 3.05) is 21.3 Å². The Labute approximate surface area is 120 Å². The highest BCUT2D eigenvalue weighted by molar-refractivity contribution is 5.55. The molecular formula is C17H20O3. The van der Waals surface area contributed by atoms with E-state index >= 15 is 0 Å². The molecule has 0 aliphatic heterocycles. The molecule has 2 aromatic carbocycles. The molecule has 0 N–H and O–H groups in total. The molecule has 3 heteroatoms. The SMILES string of the molecule is COc1cc([C@H](C)c2ccccc2)cc(OC)c1OC. The molecule has 0 aliphatic carbocycles. The third kappa shape index (κ3) is 2.72. The van der Waals surface area contributed by atoms with Crippen LogP contribution in [-0.4, -0.2) is 21.3 Å². The minimum Gasteiger partial charge on any atom is -0.493 e. The van der Waals surface area contributed by atoms with Crippen LogP contribution in [0.3, 0.4) is 0 Å². The van der Waals surface area contributed by atoms with Gasteiger partial charge < -0.3 is 14.2 Å². The van der Waals surface area contributed by atoms with E-state index in [9.17, 15) is 0 Å². The smallest absolute Gasteiger partial charge is 0.203 e. The van der Waals surface area contributed by atoms with Crippen LogP contribution in [-0.2, 0) is 0 Å². The fourth-order valence-electron chi connectivity index (χ4n) is 2.29. The molecule has 0 spiro atoms. The van der Waals surface area contributed by atoms with Gasteiger partial charge in [0.25, 0.3) is 0 Å². The molecule has 2 aromatic rings. The van der Waals surface area contributed by atoms with Crippen molar-refractivity contribution in [1.82, 2.24) is 0 Å². The molecule has 0 aromatic heterocycles. The van der Waals surface area contributed by atoms with Crippen molar-refractivity contribution >= 4 is 0 Å². The Morgan fingerprint density at radius 1 is 0.750 bits per heavy atom. The quantitative estimate of drug-likeness (QED) is 0.827. The lowest BCUT2D eigenvalue weighted by Crippen LogP contribution is -2.00. The highest BCUT2D eigenvalue weighted by Gasteiger charge is 2.17. The van der Waals surface area contributed by atoms with Crippen LogP contribution in [0.4, 0.5) is 0 Å². The molecule has 20 heavy (non-hydrogen) atoms. The summed E-state index contributed by atoms with van der Waals surface area (Å²) in [5.41, 5.74) is 2.38. The maximum Gasteiger partial charge on any atom is 0.203 e. The van der Waals surface area contributed by atoms with Crippen molar-refractivity contribution in [3.8, 4) is 17.2 Å². The number of rotatable bonds is 5. The average molecular weight is 272 g/mol. The van der Waals surface area contributed by atoms with Crippen LogP contribution in [0.2, 0.25) is 0 Å². The van der Waals surface area contributed by atoms with Gasteiger partial charge in [-0.15, -0.1) is 0 Å². The Morgan fingerprint density at radius 3 is 1.75 bits per heavy atom. The molecule has 0 saturated heterocycles. The Morgan fingerprint density at radius 2 is 1.30 bits per heavy atom. The first-order valence-corrected chi connectivity index (χ1v) is 6.56. The van der Waals surface area contributed by atoms with Gasteiger partial charge in [-0.05, 0) is 23.3 Å². The first-order valence-electron chi connectivity index (χ1n) is 6.56. The lowest BCUT2D eigenvalue weighted by Gasteiger charge is -2.18. The van der Waals surface area contributed by atoms with Crippen molar-refractivity contribution in [3.63, 3.8) is 0 Å². The molecule has 0 unspecified atom stereocenters. The number of benzene rings is 2. The number of hydrogen-bond donors (Lipinski definition) is 0. The number of methoxy groups -OCH3 is 3. The Hall–Kier alpha value is -2.16. The van der Waals surface area contributed by atoms with Gasteiger partial charge in [0.2, 0.25) is 5.75 Å². The van der Waals surface area contributed by atoms with Gasteiger partial charge in [-0.2, -0.15) is 0 Å². The summed E-state index contributed by atoms with van der Waals surface area (Å²) in [7, 11) is 4.88. The van der Waals surface area contributed by atoms with Crippen LogP contribution in [0.25, 0.3) is 0 Å². The zero-order chi connectivity index (χ0) is 14.5. The Balaban J connectivity index is 2.47. The third-order valence-electron chi connectivity index (χ3n) is 3.49. The fraction of sp³-hybridized carbons (Fsp3) is 0.294. The van der Waals surface area contributed by atoms with E-state index in [1.807, 2.05) is 30.3 Å². The zero-order valence-electron chi connectivity index (χ0n) is 12.3. The molecular weight excluding hydrogens is 252 g/mol. The van der Waals surface area contributed by atoms with Crippen LogP contribution in [0.1, 0.15) is 24.0 Å². The van der Waals surface area contributed by atoms with Crippen LogP contribution in [0.5, 0.6) is 17.2 Å². The molecule has 0 aliphatic rings. The second kappa shape index (κ2) is 6.33. The first kappa shape index (κ1) is 14.3. The van der Waals surface area contributed by atoms with Crippen LogP contribution >= 0.6 is 0 Å². The second-order valence-corrected chi connectivity index (χ2v) is 4.59. The van der Waals surface area contributed by atoms with Crippen LogP contribution in [0, 0.1) is 0 Å². The molecule has 0 radical (unpaired) electrons. The minimum atomic E-state index is 0.255. The van der Waals surface area contributed by atoms with E-state index in [0.29, 0.717) is 17.2 Å². The highest BCUT2D eigenvalue weighted by Crippen LogP contribution is 2.41. The summed E-state index contributed by atoms with van der Waals surface area (Å²) < 4.78 is 16.1. The van der Waals surface area contributed by atoms with Gasteiger partial charge in [-0.25, -0.2) is 0 Å². The van der Waals surface area contributed by atoms with Crippen LogP contribution in [0.15, 0.2) is 42.5 Å². The minimum absolute atomic E-state index is 0.255. The topological polar surface area (TPSA) is 27.7 Å². The fourth-order valence-corrected chi connectivity index (χ4v) is 2.29. The van der Waals surface area contributed by atoms with Gasteiger partial charge in [0.15, 0.2) is 11.5 Å². The molecule has 2 rings (SSSR count). The van der Waals surface area contributed by atoms with Crippen molar-refractivity contribution in [1.29, 1.82) is 0 Å². The van der Waals surface area contributed by atoms with Crippen LogP contribution < -0.4 is 14.2 Å². The van der Waals surface area contributed by atoms with E-state index in [4.69, 9.17) is 14.2 Å². The molecule has 1 atom stereocenters. The Kier molecular flexibility index (Phi) is 4.51. The first-order chi connectivity index (χ1) is 9.71. The zero-order valence-corrected chi connectivity index (χ0v) is 12.3. The van der Waals surface area contributed by atoms with Gasteiger partial charge in [-0.3, -0.25) is 0 Å². The molecule has 0 fully saturated rings. The third-order valence-corrected chi connectivity index (χ3v) is 3.49. The standard InChI is InChI=1S/C17H20O3/c1-12(13-8-6-5-7-9-13)14-10-15(18-2)17(20-4)16(11-14)19-3/h5-12H,1-4H3/t12-/m1/s1. The molecule has 0 heterocycles. The second-order valence-electron chi connectivity index (χ2n) is 4.59. The lowest BCUT2D eigenvalue weighted by atomic mass is 9.92. The predicted octanol–water partition coefficient (Wildman–Crippen LogP) is 3.86. The lowest BCUT2D eigenvalue weighted by molar-refractivity contribution is 0.323. The summed E-state index contributed by atoms with van der Waals surface area (Å²) in [6.45, 7) is 2.16. The van der Waals surface area contributed by atoms with E-state index in [2.05, 4.69) is 19.1 Å². The normalized spacial score (nSPS) is 11.8. The molecule has 106 valence electrons. The van der Waals surface area contributed by atoms with E-state index in [1.54, 1.807) is 21.3 Å². The van der Waals surface area contributed by atoms with Gasteiger partial charge in [0, 0.05) is 5.92 Å². The average Bonchev–Trinajstić information content (AvgIpc) is 2.53. The largest absolute Gasteiger partial charge is 0.493 e. The van der Waals surface area contributed by atoms with Gasteiger partial charge in [-0.1, -0.05) is 37.3 Å². The van der Waals surface area contributed by atoms with Crippen molar-refractivity contribution in [2.24, 2.45) is 0 Å². The van der Waals surface area contributed by atoms with Gasteiger partial charge >= 0.3 is 0 Å². The molecule has 0 saturated carbocycles. The predicted molar refractivity (Wildman–Crippen MR) is 80.1 cm³/mol. The summed E-state index contributed by atoms with van der Waals surface area (Å²) in [4.78, 5) is 0. The monoisotopic (exact) mass is 272 g/mol. The van der Waals surface area contributed by atoms with Gasteiger partial charge in [0.1, 0.15) is 0 Å². The molecule has 3 nitrogen and oxygen atoms in total. The number of ether oxygens (including phenoxy) is 3. The van der Waals surface area contributed by atoms with Crippen molar-refractivity contribution < 1.29 is 14.2 Å². The summed E-state index contributed by atoms with van der Waals surface area (Å²) in [6, 6.07) is 14.3. The van der Waals surface area contributed by atoms with Crippen molar-refractivity contribution in [3.05, 3.63) is 53.6 Å². The maximum atomic E-state index is 5.40. The van der Waals surface area contributed by atoms with E-state index < -0.39 is 0 Å². The Bertz CT molecular complexity index is 539. The summed E-state index contributed by atoms with van der Waals surface area (Å²) >= 11 is 0. The van der Waals surface area contributed by atoms with E-state index in [0.717, 1.165) is 5.56 Å². The molecule has 0 bridgehead atoms. The number of hydrogen-bond acceptors (Lipinski definition) is 3. The van der Waals surface area contributed by atoms with E-state index in [1.165, 1.54) is 5.56 Å². The van der Waals surface area contributed by atoms with Gasteiger partial charge in [0.05, 0.1) is 21.3 Å². The van der Waals surface area contributed by atoms with Crippen molar-refractivity contribution in [2.45, 2.75) is 12.8 Å².